The fourth-order valence-electron chi connectivity index (χ4n) is 4.08. The lowest BCUT2D eigenvalue weighted by molar-refractivity contribution is 0.0427. The summed E-state index contributed by atoms with van der Waals surface area (Å²) in [5, 5.41) is 19.5. The van der Waals surface area contributed by atoms with Gasteiger partial charge in [-0.3, -0.25) is 0 Å². The predicted octanol–water partition coefficient (Wildman–Crippen LogP) is 0.774. The highest BCUT2D eigenvalue weighted by atomic mass is 16.3. The van der Waals surface area contributed by atoms with Crippen LogP contribution in [0.5, 0.6) is 0 Å². The molecule has 0 heterocycles. The standard InChI is InChI=1S/C10H16O2/c11-8-4-7-5-2-1-3-6(5)9(8)10(7)12/h5-12H,1-4H2. The molecule has 0 spiro atoms. The lowest BCUT2D eigenvalue weighted by atomic mass is 9.80. The molecule has 2 heteroatoms. The average molecular weight is 168 g/mol. The van der Waals surface area contributed by atoms with Gasteiger partial charge in [0.1, 0.15) is 0 Å². The Kier molecular flexibility index (Phi) is 1.37. The van der Waals surface area contributed by atoms with Crippen LogP contribution in [-0.2, 0) is 0 Å². The van der Waals surface area contributed by atoms with Gasteiger partial charge in [0, 0.05) is 5.92 Å². The van der Waals surface area contributed by atoms with Crippen LogP contribution in [0.25, 0.3) is 0 Å². The smallest absolute Gasteiger partial charge is 0.0627 e. The third-order valence-electron chi connectivity index (χ3n) is 4.46. The van der Waals surface area contributed by atoms with Crippen LogP contribution in [0.4, 0.5) is 0 Å². The second kappa shape index (κ2) is 2.24. The van der Waals surface area contributed by atoms with Crippen LogP contribution in [0.2, 0.25) is 0 Å². The van der Waals surface area contributed by atoms with Gasteiger partial charge < -0.3 is 10.2 Å². The van der Waals surface area contributed by atoms with E-state index >= 15 is 0 Å². The van der Waals surface area contributed by atoms with Gasteiger partial charge in [-0.15, -0.1) is 0 Å². The van der Waals surface area contributed by atoms with Gasteiger partial charge in [-0.25, -0.2) is 0 Å². The first-order valence-electron chi connectivity index (χ1n) is 5.15. The van der Waals surface area contributed by atoms with Gasteiger partial charge in [-0.1, -0.05) is 6.42 Å². The van der Waals surface area contributed by atoms with Crippen molar-refractivity contribution in [2.24, 2.45) is 23.7 Å². The summed E-state index contributed by atoms with van der Waals surface area (Å²) in [5.74, 6) is 2.10. The molecule has 0 aromatic heterocycles. The molecule has 0 aromatic carbocycles. The number of aliphatic hydroxyl groups is 2. The summed E-state index contributed by atoms with van der Waals surface area (Å²) in [5.41, 5.74) is 0. The zero-order chi connectivity index (χ0) is 8.29. The maximum Gasteiger partial charge on any atom is 0.0627 e. The molecular weight excluding hydrogens is 152 g/mol. The molecule has 68 valence electrons. The van der Waals surface area contributed by atoms with E-state index in [1.165, 1.54) is 19.3 Å². The zero-order valence-corrected chi connectivity index (χ0v) is 7.19. The zero-order valence-electron chi connectivity index (χ0n) is 7.19. The van der Waals surface area contributed by atoms with E-state index in [2.05, 4.69) is 0 Å². The van der Waals surface area contributed by atoms with Crippen LogP contribution < -0.4 is 0 Å². The number of hydrogen-bond acceptors (Lipinski definition) is 2. The number of fused-ring (bicyclic) bond motifs is 5. The maximum atomic E-state index is 9.84. The normalized spacial score (nSPS) is 62.5. The number of rotatable bonds is 0. The quantitative estimate of drug-likeness (QED) is 0.561. The van der Waals surface area contributed by atoms with Crippen LogP contribution in [0.3, 0.4) is 0 Å². The summed E-state index contributed by atoms with van der Waals surface area (Å²) in [6.07, 6.45) is 4.38. The molecular formula is C10H16O2. The van der Waals surface area contributed by atoms with Crippen LogP contribution in [0, 0.1) is 23.7 Å². The fourth-order valence-corrected chi connectivity index (χ4v) is 4.08. The van der Waals surface area contributed by atoms with Crippen molar-refractivity contribution in [3.63, 3.8) is 0 Å². The Morgan fingerprint density at radius 1 is 0.917 bits per heavy atom. The van der Waals surface area contributed by atoms with Crippen molar-refractivity contribution in [3.8, 4) is 0 Å². The minimum absolute atomic E-state index is 0.171. The highest BCUT2D eigenvalue weighted by molar-refractivity contribution is 5.08. The van der Waals surface area contributed by atoms with E-state index in [9.17, 15) is 10.2 Å². The van der Waals surface area contributed by atoms with E-state index in [1.807, 2.05) is 0 Å². The van der Waals surface area contributed by atoms with Crippen molar-refractivity contribution in [2.45, 2.75) is 37.9 Å². The summed E-state index contributed by atoms with van der Waals surface area (Å²) >= 11 is 0. The van der Waals surface area contributed by atoms with Crippen molar-refractivity contribution in [1.29, 1.82) is 0 Å². The first kappa shape index (κ1) is 7.34. The Bertz CT molecular complexity index is 202. The number of aliphatic hydroxyl groups excluding tert-OH is 2. The second-order valence-corrected chi connectivity index (χ2v) is 4.79. The maximum absolute atomic E-state index is 9.84. The predicted molar refractivity (Wildman–Crippen MR) is 44.4 cm³/mol. The largest absolute Gasteiger partial charge is 0.393 e. The molecule has 6 atom stereocenters. The molecule has 0 amide bonds. The summed E-state index contributed by atoms with van der Waals surface area (Å²) in [4.78, 5) is 0. The molecule has 2 nitrogen and oxygen atoms in total. The van der Waals surface area contributed by atoms with E-state index in [0.717, 1.165) is 12.3 Å². The molecule has 0 saturated heterocycles. The molecule has 3 fully saturated rings. The van der Waals surface area contributed by atoms with Gasteiger partial charge in [0.05, 0.1) is 12.2 Å². The lowest BCUT2D eigenvalue weighted by Crippen LogP contribution is -2.28. The molecule has 2 bridgehead atoms. The first-order valence-corrected chi connectivity index (χ1v) is 5.15. The van der Waals surface area contributed by atoms with E-state index in [4.69, 9.17) is 0 Å². The van der Waals surface area contributed by atoms with Gasteiger partial charge in [0.15, 0.2) is 0 Å². The highest BCUT2D eigenvalue weighted by Crippen LogP contribution is 2.58. The van der Waals surface area contributed by atoms with Gasteiger partial charge in [-0.2, -0.15) is 0 Å². The topological polar surface area (TPSA) is 40.5 Å². The van der Waals surface area contributed by atoms with Crippen molar-refractivity contribution in [2.75, 3.05) is 0 Å². The Morgan fingerprint density at radius 2 is 1.67 bits per heavy atom. The van der Waals surface area contributed by atoms with Gasteiger partial charge >= 0.3 is 0 Å². The molecule has 0 radical (unpaired) electrons. The van der Waals surface area contributed by atoms with Crippen LogP contribution >= 0.6 is 0 Å². The summed E-state index contributed by atoms with van der Waals surface area (Å²) in [7, 11) is 0. The molecule has 2 N–H and O–H groups in total. The van der Waals surface area contributed by atoms with Gasteiger partial charge in [-0.05, 0) is 37.0 Å². The third-order valence-corrected chi connectivity index (χ3v) is 4.46. The van der Waals surface area contributed by atoms with E-state index < -0.39 is 0 Å². The molecule has 3 aliphatic rings. The highest BCUT2D eigenvalue weighted by Gasteiger charge is 2.59. The van der Waals surface area contributed by atoms with E-state index in [0.29, 0.717) is 11.8 Å². The van der Waals surface area contributed by atoms with Crippen LogP contribution in [-0.4, -0.2) is 22.4 Å². The molecule has 3 saturated carbocycles. The second-order valence-electron chi connectivity index (χ2n) is 4.79. The van der Waals surface area contributed by atoms with E-state index in [1.54, 1.807) is 0 Å². The fraction of sp³-hybridized carbons (Fsp3) is 1.00. The monoisotopic (exact) mass is 168 g/mol. The SMILES string of the molecule is OC1CC2C(O)C1C1CCCC21. The third kappa shape index (κ3) is 0.686. The number of hydrogen-bond donors (Lipinski definition) is 2. The summed E-state index contributed by atoms with van der Waals surface area (Å²) in [6.45, 7) is 0. The molecule has 3 aliphatic carbocycles. The van der Waals surface area contributed by atoms with Crippen molar-refractivity contribution in [3.05, 3.63) is 0 Å². The molecule has 6 unspecified atom stereocenters. The average Bonchev–Trinajstić information content (AvgIpc) is 2.61. The Hall–Kier alpha value is -0.0800. The van der Waals surface area contributed by atoms with Crippen molar-refractivity contribution >= 4 is 0 Å². The van der Waals surface area contributed by atoms with Crippen LogP contribution in [0.1, 0.15) is 25.7 Å². The molecule has 0 aromatic rings. The van der Waals surface area contributed by atoms with Crippen molar-refractivity contribution in [1.82, 2.24) is 0 Å². The molecule has 3 rings (SSSR count). The molecule has 12 heavy (non-hydrogen) atoms. The minimum atomic E-state index is -0.190. The van der Waals surface area contributed by atoms with Gasteiger partial charge in [0.2, 0.25) is 0 Å². The molecule has 0 aliphatic heterocycles. The Labute approximate surface area is 72.6 Å². The van der Waals surface area contributed by atoms with Crippen LogP contribution in [0.15, 0.2) is 0 Å². The van der Waals surface area contributed by atoms with E-state index in [-0.39, 0.29) is 18.1 Å². The summed E-state index contributed by atoms with van der Waals surface area (Å²) in [6, 6.07) is 0. The first-order chi connectivity index (χ1) is 5.79. The Morgan fingerprint density at radius 3 is 2.50 bits per heavy atom. The Balaban J connectivity index is 1.94. The van der Waals surface area contributed by atoms with Crippen molar-refractivity contribution < 1.29 is 10.2 Å². The van der Waals surface area contributed by atoms with Gasteiger partial charge in [0.25, 0.3) is 0 Å². The minimum Gasteiger partial charge on any atom is -0.393 e. The lowest BCUT2D eigenvalue weighted by Gasteiger charge is -2.27. The summed E-state index contributed by atoms with van der Waals surface area (Å²) < 4.78 is 0.